The molecule has 8 nitrogen and oxygen atoms in total. The van der Waals surface area contributed by atoms with E-state index in [4.69, 9.17) is 13.9 Å². The highest BCUT2D eigenvalue weighted by Crippen LogP contribution is 2.15. The summed E-state index contributed by atoms with van der Waals surface area (Å²) in [6.07, 6.45) is 0. The number of amides is 2. The number of para-hydroxylation sites is 1. The Bertz CT molecular complexity index is 1010. The third-order valence-electron chi connectivity index (χ3n) is 3.98. The molecular weight excluding hydrogens is 388 g/mol. The van der Waals surface area contributed by atoms with Gasteiger partial charge in [0.2, 0.25) is 5.76 Å². The maximum absolute atomic E-state index is 12.1. The van der Waals surface area contributed by atoms with Crippen molar-refractivity contribution in [3.63, 3.8) is 0 Å². The monoisotopic (exact) mass is 408 g/mol. The predicted molar refractivity (Wildman–Crippen MR) is 108 cm³/mol. The lowest BCUT2D eigenvalue weighted by atomic mass is 10.2. The molecule has 1 aromatic heterocycles. The number of esters is 1. The van der Waals surface area contributed by atoms with Crippen LogP contribution in [0.4, 0.5) is 5.69 Å². The van der Waals surface area contributed by atoms with E-state index in [2.05, 4.69) is 10.6 Å². The van der Waals surface area contributed by atoms with Crippen LogP contribution in [0.25, 0.3) is 0 Å². The summed E-state index contributed by atoms with van der Waals surface area (Å²) in [5.41, 5.74) is 0.939. The lowest BCUT2D eigenvalue weighted by Crippen LogP contribution is -2.21. The van der Waals surface area contributed by atoms with Crippen molar-refractivity contribution in [3.8, 4) is 5.75 Å². The molecule has 0 atom stereocenters. The number of furan rings is 1. The Morgan fingerprint density at radius 1 is 0.933 bits per heavy atom. The van der Waals surface area contributed by atoms with Crippen molar-refractivity contribution >= 4 is 23.5 Å². The van der Waals surface area contributed by atoms with E-state index < -0.39 is 18.5 Å². The van der Waals surface area contributed by atoms with Gasteiger partial charge in [-0.25, -0.2) is 4.79 Å². The molecule has 2 amide bonds. The zero-order valence-electron chi connectivity index (χ0n) is 16.2. The first-order chi connectivity index (χ1) is 14.5. The minimum Gasteiger partial charge on any atom is -0.486 e. The van der Waals surface area contributed by atoms with Gasteiger partial charge in [-0.1, -0.05) is 18.2 Å². The van der Waals surface area contributed by atoms with Crippen LogP contribution in [-0.4, -0.2) is 31.4 Å². The third kappa shape index (κ3) is 5.71. The highest BCUT2D eigenvalue weighted by atomic mass is 16.6. The van der Waals surface area contributed by atoms with Gasteiger partial charge in [-0.05, 0) is 48.5 Å². The fourth-order valence-electron chi connectivity index (χ4n) is 2.48. The van der Waals surface area contributed by atoms with Crippen LogP contribution in [0.15, 0.2) is 71.1 Å². The molecule has 0 bridgehead atoms. The minimum atomic E-state index is -0.758. The SMILES string of the molecule is CNC(=O)c1ccc(NC(=O)COC(=O)c2ccc(COc3ccccc3)o2)cc1. The first-order valence-corrected chi connectivity index (χ1v) is 9.11. The zero-order valence-corrected chi connectivity index (χ0v) is 16.2. The molecule has 0 spiro atoms. The molecule has 0 aliphatic rings. The number of carbonyl (C=O) groups is 3. The predicted octanol–water partition coefficient (Wildman–Crippen LogP) is 3.01. The van der Waals surface area contributed by atoms with Gasteiger partial charge in [0.1, 0.15) is 18.1 Å². The maximum atomic E-state index is 12.1. The van der Waals surface area contributed by atoms with Gasteiger partial charge in [0.05, 0.1) is 0 Å². The number of hydrogen-bond acceptors (Lipinski definition) is 6. The van der Waals surface area contributed by atoms with E-state index >= 15 is 0 Å². The van der Waals surface area contributed by atoms with Crippen molar-refractivity contribution in [1.82, 2.24) is 5.32 Å². The van der Waals surface area contributed by atoms with E-state index in [1.54, 1.807) is 30.3 Å². The molecule has 1 heterocycles. The molecule has 3 rings (SSSR count). The number of nitrogens with one attached hydrogen (secondary N) is 2. The van der Waals surface area contributed by atoms with E-state index in [0.717, 1.165) is 0 Å². The number of hydrogen-bond donors (Lipinski definition) is 2. The second kappa shape index (κ2) is 9.92. The molecule has 0 aliphatic carbocycles. The summed E-state index contributed by atoms with van der Waals surface area (Å²) < 4.78 is 15.9. The van der Waals surface area contributed by atoms with Crippen LogP contribution >= 0.6 is 0 Å². The van der Waals surface area contributed by atoms with Crippen molar-refractivity contribution in [2.24, 2.45) is 0 Å². The number of anilines is 1. The van der Waals surface area contributed by atoms with Crippen molar-refractivity contribution in [2.75, 3.05) is 19.0 Å². The van der Waals surface area contributed by atoms with Gasteiger partial charge in [-0.2, -0.15) is 0 Å². The van der Waals surface area contributed by atoms with Gasteiger partial charge in [-0.15, -0.1) is 0 Å². The van der Waals surface area contributed by atoms with E-state index in [9.17, 15) is 14.4 Å². The average molecular weight is 408 g/mol. The molecule has 8 heteroatoms. The highest BCUT2D eigenvalue weighted by molar-refractivity contribution is 5.96. The lowest BCUT2D eigenvalue weighted by molar-refractivity contribution is -0.119. The van der Waals surface area contributed by atoms with Crippen LogP contribution in [0.2, 0.25) is 0 Å². The van der Waals surface area contributed by atoms with E-state index in [1.165, 1.54) is 13.1 Å². The first kappa shape index (κ1) is 20.7. The van der Waals surface area contributed by atoms with Crippen LogP contribution < -0.4 is 15.4 Å². The van der Waals surface area contributed by atoms with Gasteiger partial charge < -0.3 is 24.5 Å². The van der Waals surface area contributed by atoms with Crippen molar-refractivity contribution in [2.45, 2.75) is 6.61 Å². The largest absolute Gasteiger partial charge is 0.486 e. The van der Waals surface area contributed by atoms with Crippen LogP contribution in [-0.2, 0) is 16.1 Å². The van der Waals surface area contributed by atoms with E-state index in [-0.39, 0.29) is 18.3 Å². The van der Waals surface area contributed by atoms with Gasteiger partial charge >= 0.3 is 5.97 Å². The Morgan fingerprint density at radius 3 is 2.37 bits per heavy atom. The number of carbonyl (C=O) groups excluding carboxylic acids is 3. The molecule has 0 saturated carbocycles. The number of benzene rings is 2. The van der Waals surface area contributed by atoms with Gasteiger partial charge in [-0.3, -0.25) is 9.59 Å². The molecule has 0 fully saturated rings. The lowest BCUT2D eigenvalue weighted by Gasteiger charge is -2.07. The topological polar surface area (TPSA) is 107 Å². The molecule has 0 saturated heterocycles. The van der Waals surface area contributed by atoms with Crippen molar-refractivity contribution < 1.29 is 28.3 Å². The summed E-state index contributed by atoms with van der Waals surface area (Å²) in [6, 6.07) is 18.6. The molecule has 0 unspecified atom stereocenters. The molecule has 2 N–H and O–H groups in total. The average Bonchev–Trinajstić information content (AvgIpc) is 3.26. The third-order valence-corrected chi connectivity index (χ3v) is 3.98. The summed E-state index contributed by atoms with van der Waals surface area (Å²) >= 11 is 0. The minimum absolute atomic E-state index is 0.0237. The fraction of sp³-hybridized carbons (Fsp3) is 0.136. The molecule has 154 valence electrons. The molecule has 3 aromatic rings. The van der Waals surface area contributed by atoms with Crippen LogP contribution in [0.3, 0.4) is 0 Å². The summed E-state index contributed by atoms with van der Waals surface area (Å²) in [5, 5.41) is 5.09. The van der Waals surface area contributed by atoms with Crippen LogP contribution in [0.1, 0.15) is 26.7 Å². The summed E-state index contributed by atoms with van der Waals surface area (Å²) in [5.74, 6) is -0.399. The van der Waals surface area contributed by atoms with E-state index in [0.29, 0.717) is 22.8 Å². The standard InChI is InChI=1S/C22H20N2O6/c1-23-21(26)15-7-9-16(10-8-15)24-20(25)14-29-22(27)19-12-11-18(30-19)13-28-17-5-3-2-4-6-17/h2-12H,13-14H2,1H3,(H,23,26)(H,24,25). The normalized spacial score (nSPS) is 10.2. The Balaban J connectivity index is 1.45. The molecule has 0 aliphatic heterocycles. The Labute approximate surface area is 172 Å². The number of rotatable bonds is 8. The Kier molecular flexibility index (Phi) is 6.83. The van der Waals surface area contributed by atoms with Crippen LogP contribution in [0.5, 0.6) is 5.75 Å². The smallest absolute Gasteiger partial charge is 0.374 e. The van der Waals surface area contributed by atoms with Gasteiger partial charge in [0, 0.05) is 18.3 Å². The Morgan fingerprint density at radius 2 is 1.67 bits per heavy atom. The van der Waals surface area contributed by atoms with Crippen LogP contribution in [0, 0.1) is 0 Å². The van der Waals surface area contributed by atoms with Crippen molar-refractivity contribution in [1.29, 1.82) is 0 Å². The Hall–Kier alpha value is -4.07. The van der Waals surface area contributed by atoms with Gasteiger partial charge in [0.25, 0.3) is 11.8 Å². The molecule has 0 radical (unpaired) electrons. The fourth-order valence-corrected chi connectivity index (χ4v) is 2.48. The molecule has 30 heavy (non-hydrogen) atoms. The van der Waals surface area contributed by atoms with E-state index in [1.807, 2.05) is 30.3 Å². The number of ether oxygens (including phenoxy) is 2. The van der Waals surface area contributed by atoms with Gasteiger partial charge in [0.15, 0.2) is 6.61 Å². The highest BCUT2D eigenvalue weighted by Gasteiger charge is 2.15. The summed E-state index contributed by atoms with van der Waals surface area (Å²) in [6.45, 7) is -0.323. The summed E-state index contributed by atoms with van der Waals surface area (Å²) in [4.78, 5) is 35.5. The zero-order chi connectivity index (χ0) is 21.3. The van der Waals surface area contributed by atoms with Crippen molar-refractivity contribution in [3.05, 3.63) is 83.8 Å². The molecular formula is C22H20N2O6. The first-order valence-electron chi connectivity index (χ1n) is 9.11. The molecule has 2 aromatic carbocycles. The maximum Gasteiger partial charge on any atom is 0.374 e. The quantitative estimate of drug-likeness (QED) is 0.555. The second-order valence-electron chi connectivity index (χ2n) is 6.15. The summed E-state index contributed by atoms with van der Waals surface area (Å²) in [7, 11) is 1.53. The second-order valence-corrected chi connectivity index (χ2v) is 6.15.